The summed E-state index contributed by atoms with van der Waals surface area (Å²) in [6.45, 7) is 1.32. The van der Waals surface area contributed by atoms with Gasteiger partial charge in [0.1, 0.15) is 11.4 Å². The first-order valence-electron chi connectivity index (χ1n) is 8.20. The highest BCUT2D eigenvalue weighted by atomic mass is 32.2. The number of carbonyl (C=O) groups excluding carboxylic acids is 3. The van der Waals surface area contributed by atoms with Crippen molar-refractivity contribution in [3.05, 3.63) is 35.9 Å². The zero-order valence-corrected chi connectivity index (χ0v) is 15.5. The van der Waals surface area contributed by atoms with Gasteiger partial charge < -0.3 is 19.5 Å². The van der Waals surface area contributed by atoms with E-state index in [0.717, 1.165) is 4.90 Å². The van der Waals surface area contributed by atoms with Gasteiger partial charge in [-0.05, 0) is 26.0 Å². The smallest absolute Gasteiger partial charge is 0.340 e. The molecule has 2 aliphatic heterocycles. The number of hydrogen-bond acceptors (Lipinski definition) is 8. The number of hydrogen-bond donors (Lipinski definition) is 1. The summed E-state index contributed by atoms with van der Waals surface area (Å²) in [5, 5.41) is 8.00. The second-order valence-corrected chi connectivity index (χ2v) is 9.48. The summed E-state index contributed by atoms with van der Waals surface area (Å²) in [4.78, 5) is 37.4. The summed E-state index contributed by atoms with van der Waals surface area (Å²) >= 11 is 0. The Kier molecular flexibility index (Phi) is 4.73. The lowest BCUT2D eigenvalue weighted by Crippen LogP contribution is -2.64. The largest absolute Gasteiger partial charge is 0.426 e. The van der Waals surface area contributed by atoms with E-state index in [0.29, 0.717) is 0 Å². The minimum absolute atomic E-state index is 0.265. The number of sulfone groups is 1. The van der Waals surface area contributed by atoms with Crippen molar-refractivity contribution in [2.45, 2.75) is 30.0 Å². The van der Waals surface area contributed by atoms with Crippen LogP contribution in [0.3, 0.4) is 0 Å². The fourth-order valence-electron chi connectivity index (χ4n) is 3.44. The van der Waals surface area contributed by atoms with Gasteiger partial charge in [-0.25, -0.2) is 18.0 Å². The molecule has 1 N–H and O–H groups in total. The maximum absolute atomic E-state index is 12.7. The lowest BCUT2D eigenvalue weighted by atomic mass is 9.92. The molecule has 0 bridgehead atoms. The van der Waals surface area contributed by atoms with E-state index in [9.17, 15) is 27.9 Å². The van der Waals surface area contributed by atoms with Crippen molar-refractivity contribution in [3.63, 3.8) is 0 Å². The average molecular weight is 397 g/mol. The molecule has 2 fully saturated rings. The SMILES string of the molecule is CC1(C)[C@H](C(=O)OCOC(=O)c2ccccc2)N2C(=O)[C@@H](CO)[C@H]2S1(=O)=O. The highest BCUT2D eigenvalue weighted by Crippen LogP contribution is 2.48. The van der Waals surface area contributed by atoms with E-state index in [1.54, 1.807) is 18.2 Å². The first kappa shape index (κ1) is 19.3. The molecular formula is C17H19NO8S. The van der Waals surface area contributed by atoms with Gasteiger partial charge in [-0.15, -0.1) is 0 Å². The fraction of sp³-hybridized carbons (Fsp3) is 0.471. The van der Waals surface area contributed by atoms with Crippen LogP contribution >= 0.6 is 0 Å². The number of benzene rings is 1. The third-order valence-corrected chi connectivity index (χ3v) is 7.88. The molecule has 9 nitrogen and oxygen atoms in total. The summed E-state index contributed by atoms with van der Waals surface area (Å²) in [5.74, 6) is -3.40. The van der Waals surface area contributed by atoms with Crippen molar-refractivity contribution in [3.8, 4) is 0 Å². The van der Waals surface area contributed by atoms with Crippen molar-refractivity contribution in [1.29, 1.82) is 0 Å². The van der Waals surface area contributed by atoms with Crippen LogP contribution in [0.25, 0.3) is 0 Å². The Balaban J connectivity index is 1.69. The van der Waals surface area contributed by atoms with E-state index in [1.165, 1.54) is 26.0 Å². The van der Waals surface area contributed by atoms with Crippen LogP contribution in [0.5, 0.6) is 0 Å². The molecule has 0 aromatic heterocycles. The minimum atomic E-state index is -3.90. The topological polar surface area (TPSA) is 127 Å². The molecule has 2 saturated heterocycles. The van der Waals surface area contributed by atoms with E-state index in [-0.39, 0.29) is 5.56 Å². The van der Waals surface area contributed by atoms with Crippen LogP contribution in [0.15, 0.2) is 30.3 Å². The third-order valence-electron chi connectivity index (χ3n) is 5.00. The second-order valence-electron chi connectivity index (χ2n) is 6.86. The molecule has 1 aromatic rings. The number of ether oxygens (including phenoxy) is 2. The zero-order chi connectivity index (χ0) is 20.0. The molecule has 1 aromatic carbocycles. The van der Waals surface area contributed by atoms with Gasteiger partial charge in [0.15, 0.2) is 9.84 Å². The van der Waals surface area contributed by atoms with Gasteiger partial charge in [0.2, 0.25) is 12.7 Å². The quantitative estimate of drug-likeness (QED) is 0.407. The number of fused-ring (bicyclic) bond motifs is 1. The number of β-lactam (4-membered cyclic amide) rings is 1. The molecule has 2 aliphatic rings. The Morgan fingerprint density at radius 3 is 2.41 bits per heavy atom. The van der Waals surface area contributed by atoms with E-state index >= 15 is 0 Å². The number of carbonyl (C=O) groups is 3. The van der Waals surface area contributed by atoms with Crippen LogP contribution in [-0.4, -0.2) is 65.8 Å². The molecule has 3 atom stereocenters. The van der Waals surface area contributed by atoms with Gasteiger partial charge in [0.05, 0.1) is 22.8 Å². The molecule has 0 aliphatic carbocycles. The molecule has 0 unspecified atom stereocenters. The lowest BCUT2D eigenvalue weighted by molar-refractivity contribution is -0.172. The van der Waals surface area contributed by atoms with Gasteiger partial charge in [0.25, 0.3) is 0 Å². The van der Waals surface area contributed by atoms with Gasteiger partial charge in [-0.1, -0.05) is 18.2 Å². The number of esters is 2. The van der Waals surface area contributed by atoms with Crippen LogP contribution in [-0.2, 0) is 28.9 Å². The lowest BCUT2D eigenvalue weighted by Gasteiger charge is -2.42. The number of nitrogens with zero attached hydrogens (tertiary/aromatic N) is 1. The van der Waals surface area contributed by atoms with Crippen molar-refractivity contribution in [2.75, 3.05) is 13.4 Å². The van der Waals surface area contributed by atoms with Crippen molar-refractivity contribution in [1.82, 2.24) is 4.90 Å². The van der Waals surface area contributed by atoms with E-state index in [4.69, 9.17) is 9.47 Å². The van der Waals surface area contributed by atoms with Crippen molar-refractivity contribution < 1.29 is 37.4 Å². The summed E-state index contributed by atoms with van der Waals surface area (Å²) in [5.41, 5.74) is 0.265. The van der Waals surface area contributed by atoms with E-state index < -0.39 is 63.2 Å². The molecule has 0 radical (unpaired) electrons. The number of aliphatic hydroxyl groups is 1. The molecule has 1 amide bonds. The molecule has 146 valence electrons. The van der Waals surface area contributed by atoms with Crippen LogP contribution in [0, 0.1) is 5.92 Å². The van der Waals surface area contributed by atoms with Crippen molar-refractivity contribution >= 4 is 27.7 Å². The van der Waals surface area contributed by atoms with Gasteiger partial charge in [-0.3, -0.25) is 4.79 Å². The predicted molar refractivity (Wildman–Crippen MR) is 90.8 cm³/mol. The maximum Gasteiger partial charge on any atom is 0.340 e. The summed E-state index contributed by atoms with van der Waals surface area (Å²) < 4.78 is 33.5. The average Bonchev–Trinajstić information content (AvgIpc) is 2.77. The Morgan fingerprint density at radius 1 is 1.19 bits per heavy atom. The minimum Gasteiger partial charge on any atom is -0.426 e. The van der Waals surface area contributed by atoms with Crippen LogP contribution in [0.2, 0.25) is 0 Å². The molecule has 0 saturated carbocycles. The van der Waals surface area contributed by atoms with Gasteiger partial charge in [0, 0.05) is 0 Å². The zero-order valence-electron chi connectivity index (χ0n) is 14.7. The Labute approximate surface area is 155 Å². The predicted octanol–water partition coefficient (Wildman–Crippen LogP) is -0.303. The number of rotatable bonds is 5. The van der Waals surface area contributed by atoms with Crippen molar-refractivity contribution in [2.24, 2.45) is 5.92 Å². The summed E-state index contributed by atoms with van der Waals surface area (Å²) in [6.07, 6.45) is 0. The van der Waals surface area contributed by atoms with Crippen LogP contribution < -0.4 is 0 Å². The number of aliphatic hydroxyl groups excluding tert-OH is 1. The monoisotopic (exact) mass is 397 g/mol. The fourth-order valence-corrected chi connectivity index (χ4v) is 5.74. The maximum atomic E-state index is 12.7. The Morgan fingerprint density at radius 2 is 1.81 bits per heavy atom. The van der Waals surface area contributed by atoms with Crippen LogP contribution in [0.4, 0.5) is 0 Å². The first-order chi connectivity index (χ1) is 12.6. The molecule has 10 heteroatoms. The van der Waals surface area contributed by atoms with Gasteiger partial charge >= 0.3 is 11.9 Å². The summed E-state index contributed by atoms with van der Waals surface area (Å²) in [7, 11) is -3.90. The van der Waals surface area contributed by atoms with Gasteiger partial charge in [-0.2, -0.15) is 0 Å². The Bertz CT molecular complexity index is 879. The Hall–Kier alpha value is -2.46. The molecule has 2 heterocycles. The molecule has 3 rings (SSSR count). The van der Waals surface area contributed by atoms with E-state index in [2.05, 4.69) is 0 Å². The molecular weight excluding hydrogens is 378 g/mol. The summed E-state index contributed by atoms with van der Waals surface area (Å²) in [6, 6.07) is 6.67. The highest BCUT2D eigenvalue weighted by molar-refractivity contribution is 7.93. The first-order valence-corrected chi connectivity index (χ1v) is 9.74. The number of amides is 1. The molecule has 0 spiro atoms. The van der Waals surface area contributed by atoms with E-state index in [1.807, 2.05) is 0 Å². The highest BCUT2D eigenvalue weighted by Gasteiger charge is 2.72. The van der Waals surface area contributed by atoms with Crippen LogP contribution in [0.1, 0.15) is 24.2 Å². The third kappa shape index (κ3) is 2.79. The molecule has 27 heavy (non-hydrogen) atoms. The standard InChI is InChI=1S/C17H19NO8S/c1-17(2)12(18-13(20)11(8-19)14(18)27(17,23)24)16(22)26-9-25-15(21)10-6-4-3-5-7-10/h3-7,11-12,14,19H,8-9H2,1-2H3/t11-,12+,14-/m1/s1. The normalized spacial score (nSPS) is 27.4. The second kappa shape index (κ2) is 6.61.